The minimum Gasteiger partial charge on any atom is -0.462 e. The van der Waals surface area contributed by atoms with Crippen molar-refractivity contribution in [2.45, 2.75) is 46.1 Å². The number of ether oxygens (including phenoxy) is 1. The third-order valence-corrected chi connectivity index (χ3v) is 2.80. The molecule has 0 radical (unpaired) electrons. The molecule has 0 aliphatic rings. The number of esters is 1. The number of nitrogens with zero attached hydrogens (tertiary/aromatic N) is 3. The first-order chi connectivity index (χ1) is 8.46. The maximum absolute atomic E-state index is 11.7. The van der Waals surface area contributed by atoms with Crippen LogP contribution in [0, 0.1) is 11.3 Å². The topological polar surface area (TPSA) is 67.9 Å². The van der Waals surface area contributed by atoms with Crippen molar-refractivity contribution >= 4 is 5.97 Å². The Bertz CT molecular complexity index is 469. The van der Waals surface area contributed by atoms with Crippen molar-refractivity contribution in [1.82, 2.24) is 9.78 Å². The van der Waals surface area contributed by atoms with Crippen LogP contribution in [0.25, 0.3) is 0 Å². The molecule has 18 heavy (non-hydrogen) atoms. The van der Waals surface area contributed by atoms with E-state index in [9.17, 15) is 4.79 Å². The van der Waals surface area contributed by atoms with Gasteiger partial charge in [0.15, 0.2) is 5.69 Å². The zero-order valence-electron chi connectivity index (χ0n) is 11.4. The van der Waals surface area contributed by atoms with Crippen molar-refractivity contribution in [3.8, 4) is 6.07 Å². The summed E-state index contributed by atoms with van der Waals surface area (Å²) in [4.78, 5) is 11.7. The summed E-state index contributed by atoms with van der Waals surface area (Å²) in [5.41, 5.74) is 0.145. The molecular formula is C13H19N3O2. The lowest BCUT2D eigenvalue weighted by molar-refractivity contribution is 0.0525. The second kappa shape index (κ2) is 5.67. The lowest BCUT2D eigenvalue weighted by Gasteiger charge is -2.24. The maximum atomic E-state index is 11.7. The van der Waals surface area contributed by atoms with E-state index in [1.165, 1.54) is 0 Å². The minimum absolute atomic E-state index is 0.123. The lowest BCUT2D eigenvalue weighted by Crippen LogP contribution is -2.26. The average molecular weight is 249 g/mol. The highest BCUT2D eigenvalue weighted by molar-refractivity contribution is 5.91. The third kappa shape index (κ3) is 2.89. The maximum Gasteiger partial charge on any atom is 0.342 e. The van der Waals surface area contributed by atoms with Gasteiger partial charge in [-0.15, -0.1) is 0 Å². The van der Waals surface area contributed by atoms with Crippen molar-refractivity contribution in [3.05, 3.63) is 17.5 Å². The Hall–Kier alpha value is -1.83. The summed E-state index contributed by atoms with van der Waals surface area (Å²) in [5, 5.41) is 13.2. The van der Waals surface area contributed by atoms with E-state index in [0.717, 1.165) is 12.8 Å². The highest BCUT2D eigenvalue weighted by Crippen LogP contribution is 2.22. The number of hydrogen-bond donors (Lipinski definition) is 0. The fraction of sp³-hybridized carbons (Fsp3) is 0.615. The Morgan fingerprint density at radius 3 is 2.72 bits per heavy atom. The van der Waals surface area contributed by atoms with Crippen LogP contribution >= 0.6 is 0 Å². The summed E-state index contributed by atoms with van der Waals surface area (Å²) in [6.07, 6.45) is 3.53. The molecule has 0 aliphatic heterocycles. The standard InChI is InChI=1S/C13H19N3O2/c1-5-7-13(3,4)16-9-10(11(8-14)15-16)12(17)18-6-2/h9H,5-7H2,1-4H3. The molecule has 1 aromatic heterocycles. The number of aromatic nitrogens is 2. The fourth-order valence-electron chi connectivity index (χ4n) is 1.85. The van der Waals surface area contributed by atoms with Crippen LogP contribution in [0.2, 0.25) is 0 Å². The molecule has 0 saturated carbocycles. The fourth-order valence-corrected chi connectivity index (χ4v) is 1.85. The summed E-state index contributed by atoms with van der Waals surface area (Å²) >= 11 is 0. The van der Waals surface area contributed by atoms with E-state index in [1.807, 2.05) is 19.9 Å². The normalized spacial score (nSPS) is 11.1. The average Bonchev–Trinajstić information content (AvgIpc) is 2.73. The molecule has 0 atom stereocenters. The molecule has 5 heteroatoms. The number of rotatable bonds is 5. The molecule has 0 fully saturated rings. The second-order valence-corrected chi connectivity index (χ2v) is 4.73. The molecule has 0 bridgehead atoms. The van der Waals surface area contributed by atoms with Crippen molar-refractivity contribution in [2.75, 3.05) is 6.61 Å². The number of carbonyl (C=O) groups is 1. The second-order valence-electron chi connectivity index (χ2n) is 4.73. The van der Waals surface area contributed by atoms with Crippen molar-refractivity contribution in [1.29, 1.82) is 5.26 Å². The Kier molecular flexibility index (Phi) is 4.49. The monoisotopic (exact) mass is 249 g/mol. The zero-order valence-corrected chi connectivity index (χ0v) is 11.4. The summed E-state index contributed by atoms with van der Waals surface area (Å²) in [6.45, 7) is 8.16. The van der Waals surface area contributed by atoms with Crippen LogP contribution in [-0.2, 0) is 10.3 Å². The summed E-state index contributed by atoms with van der Waals surface area (Å²) in [5.74, 6) is -0.493. The summed E-state index contributed by atoms with van der Waals surface area (Å²) < 4.78 is 6.59. The third-order valence-electron chi connectivity index (χ3n) is 2.80. The predicted octanol–water partition coefficient (Wildman–Crippen LogP) is 2.47. The molecular weight excluding hydrogens is 230 g/mol. The van der Waals surface area contributed by atoms with E-state index in [-0.39, 0.29) is 23.4 Å². The van der Waals surface area contributed by atoms with Crippen LogP contribution < -0.4 is 0 Å². The Morgan fingerprint density at radius 2 is 2.22 bits per heavy atom. The van der Waals surface area contributed by atoms with Gasteiger partial charge in [-0.05, 0) is 27.2 Å². The largest absolute Gasteiger partial charge is 0.462 e. The van der Waals surface area contributed by atoms with Gasteiger partial charge in [0.1, 0.15) is 11.6 Å². The molecule has 0 N–H and O–H groups in total. The van der Waals surface area contributed by atoms with Crippen LogP contribution in [0.4, 0.5) is 0 Å². The van der Waals surface area contributed by atoms with E-state index < -0.39 is 5.97 Å². The van der Waals surface area contributed by atoms with Gasteiger partial charge in [0.05, 0.1) is 12.1 Å². The highest BCUT2D eigenvalue weighted by atomic mass is 16.5. The highest BCUT2D eigenvalue weighted by Gasteiger charge is 2.25. The molecule has 0 spiro atoms. The molecule has 1 aromatic rings. The first-order valence-electron chi connectivity index (χ1n) is 6.13. The molecule has 0 amide bonds. The molecule has 5 nitrogen and oxygen atoms in total. The molecule has 0 aromatic carbocycles. The van der Waals surface area contributed by atoms with Gasteiger partial charge in [-0.1, -0.05) is 13.3 Å². The van der Waals surface area contributed by atoms with Crippen LogP contribution in [0.5, 0.6) is 0 Å². The van der Waals surface area contributed by atoms with Crippen molar-refractivity contribution in [2.24, 2.45) is 0 Å². The van der Waals surface area contributed by atoms with Gasteiger partial charge in [-0.3, -0.25) is 4.68 Å². The van der Waals surface area contributed by atoms with Crippen molar-refractivity contribution < 1.29 is 9.53 Å². The van der Waals surface area contributed by atoms with Crippen LogP contribution in [-0.4, -0.2) is 22.4 Å². The van der Waals surface area contributed by atoms with E-state index in [0.29, 0.717) is 0 Å². The first kappa shape index (κ1) is 14.2. The smallest absolute Gasteiger partial charge is 0.342 e. The number of hydrogen-bond acceptors (Lipinski definition) is 4. The van der Waals surface area contributed by atoms with Crippen LogP contribution in [0.15, 0.2) is 6.20 Å². The first-order valence-corrected chi connectivity index (χ1v) is 6.13. The molecule has 98 valence electrons. The molecule has 1 heterocycles. The number of nitriles is 1. The molecule has 0 saturated heterocycles. The Labute approximate surface area is 107 Å². The van der Waals surface area contributed by atoms with Gasteiger partial charge >= 0.3 is 5.97 Å². The lowest BCUT2D eigenvalue weighted by atomic mass is 9.99. The van der Waals surface area contributed by atoms with Gasteiger partial charge in [0.2, 0.25) is 0 Å². The van der Waals surface area contributed by atoms with E-state index >= 15 is 0 Å². The number of carbonyl (C=O) groups excluding carboxylic acids is 1. The molecule has 0 aliphatic carbocycles. The van der Waals surface area contributed by atoms with Gasteiger partial charge in [-0.2, -0.15) is 10.4 Å². The quantitative estimate of drug-likeness (QED) is 0.752. The predicted molar refractivity (Wildman–Crippen MR) is 67.1 cm³/mol. The van der Waals surface area contributed by atoms with Gasteiger partial charge in [0.25, 0.3) is 0 Å². The van der Waals surface area contributed by atoms with Gasteiger partial charge in [-0.25, -0.2) is 4.79 Å². The van der Waals surface area contributed by atoms with Crippen LogP contribution in [0.3, 0.4) is 0 Å². The Balaban J connectivity index is 3.13. The minimum atomic E-state index is -0.493. The van der Waals surface area contributed by atoms with E-state index in [4.69, 9.17) is 10.00 Å². The van der Waals surface area contributed by atoms with Gasteiger partial charge in [0, 0.05) is 6.20 Å². The van der Waals surface area contributed by atoms with E-state index in [1.54, 1.807) is 17.8 Å². The van der Waals surface area contributed by atoms with Crippen molar-refractivity contribution in [3.63, 3.8) is 0 Å². The molecule has 1 rings (SSSR count). The summed E-state index contributed by atoms with van der Waals surface area (Å²) in [7, 11) is 0. The Morgan fingerprint density at radius 1 is 1.56 bits per heavy atom. The zero-order chi connectivity index (χ0) is 13.8. The summed E-state index contributed by atoms with van der Waals surface area (Å²) in [6, 6.07) is 1.94. The van der Waals surface area contributed by atoms with E-state index in [2.05, 4.69) is 12.0 Å². The van der Waals surface area contributed by atoms with Crippen LogP contribution in [0.1, 0.15) is 56.6 Å². The molecule has 0 unspecified atom stereocenters. The SMILES string of the molecule is CCCC(C)(C)n1cc(C(=O)OCC)c(C#N)n1. The van der Waals surface area contributed by atoms with Gasteiger partial charge < -0.3 is 4.74 Å².